The monoisotopic (exact) mass is 412 g/mol. The van der Waals surface area contributed by atoms with Crippen LogP contribution >= 0.6 is 34.7 Å². The smallest absolute Gasteiger partial charge is 0.191 e. The molecule has 2 aromatic heterocycles. The number of benzene rings is 2. The van der Waals surface area contributed by atoms with Crippen LogP contribution in [0, 0.1) is 6.92 Å². The fourth-order valence-corrected chi connectivity index (χ4v) is 4.78. The van der Waals surface area contributed by atoms with Crippen molar-refractivity contribution in [3.05, 3.63) is 70.2 Å². The van der Waals surface area contributed by atoms with Gasteiger partial charge in [-0.3, -0.25) is 0 Å². The molecule has 136 valence electrons. The maximum atomic E-state index is 6.09. The van der Waals surface area contributed by atoms with Crippen LogP contribution in [0.4, 0.5) is 0 Å². The van der Waals surface area contributed by atoms with Crippen molar-refractivity contribution >= 4 is 34.7 Å². The van der Waals surface area contributed by atoms with Crippen LogP contribution in [0.25, 0.3) is 22.0 Å². The molecule has 0 saturated heterocycles. The normalized spacial score (nSPS) is 11.1. The van der Waals surface area contributed by atoms with E-state index in [1.54, 1.807) is 23.1 Å². The summed E-state index contributed by atoms with van der Waals surface area (Å²) in [7, 11) is 1.97. The first kappa shape index (κ1) is 18.2. The second-order valence-corrected chi connectivity index (χ2v) is 8.36. The van der Waals surface area contributed by atoms with E-state index in [2.05, 4.69) is 46.8 Å². The van der Waals surface area contributed by atoms with E-state index >= 15 is 0 Å². The van der Waals surface area contributed by atoms with Crippen molar-refractivity contribution in [2.45, 2.75) is 17.8 Å². The van der Waals surface area contributed by atoms with Crippen molar-refractivity contribution in [1.29, 1.82) is 0 Å². The zero-order chi connectivity index (χ0) is 18.8. The Labute approximate surface area is 171 Å². The van der Waals surface area contributed by atoms with E-state index < -0.39 is 0 Å². The Kier molecular flexibility index (Phi) is 5.29. The standard InChI is InChI=1S/C20H17ClN4S2/c1-13-6-3-4-9-17(13)19-22-16(11-26-19)12-27-20-24-23-18(25(20)2)14-7-5-8-15(21)10-14/h3-11H,12H2,1-2H3. The van der Waals surface area contributed by atoms with Gasteiger partial charge in [-0.2, -0.15) is 0 Å². The molecule has 0 spiro atoms. The highest BCUT2D eigenvalue weighted by Crippen LogP contribution is 2.30. The maximum absolute atomic E-state index is 6.09. The Bertz CT molecular complexity index is 1090. The van der Waals surface area contributed by atoms with E-state index in [4.69, 9.17) is 16.6 Å². The second kappa shape index (κ2) is 7.84. The molecule has 7 heteroatoms. The van der Waals surface area contributed by atoms with Crippen molar-refractivity contribution in [3.8, 4) is 22.0 Å². The van der Waals surface area contributed by atoms with Crippen LogP contribution in [-0.2, 0) is 12.8 Å². The van der Waals surface area contributed by atoms with Crippen LogP contribution in [0.5, 0.6) is 0 Å². The van der Waals surface area contributed by atoms with Gasteiger partial charge in [0, 0.05) is 34.3 Å². The van der Waals surface area contributed by atoms with Crippen molar-refractivity contribution in [2.75, 3.05) is 0 Å². The number of thioether (sulfide) groups is 1. The van der Waals surface area contributed by atoms with Gasteiger partial charge in [-0.1, -0.05) is 59.8 Å². The van der Waals surface area contributed by atoms with Crippen LogP contribution in [0.2, 0.25) is 5.02 Å². The van der Waals surface area contributed by atoms with E-state index in [1.807, 2.05) is 35.9 Å². The molecule has 0 aliphatic rings. The van der Waals surface area contributed by atoms with Gasteiger partial charge in [-0.05, 0) is 24.6 Å². The average Bonchev–Trinajstić information content (AvgIpc) is 3.27. The maximum Gasteiger partial charge on any atom is 0.191 e. The van der Waals surface area contributed by atoms with Gasteiger partial charge >= 0.3 is 0 Å². The third kappa shape index (κ3) is 3.93. The number of thiazole rings is 1. The lowest BCUT2D eigenvalue weighted by molar-refractivity contribution is 0.793. The van der Waals surface area contributed by atoms with Crippen molar-refractivity contribution in [1.82, 2.24) is 19.7 Å². The predicted molar refractivity (Wildman–Crippen MR) is 113 cm³/mol. The Morgan fingerprint density at radius 2 is 1.96 bits per heavy atom. The molecule has 4 nitrogen and oxygen atoms in total. The third-order valence-corrected chi connectivity index (χ3v) is 6.41. The van der Waals surface area contributed by atoms with E-state index in [0.717, 1.165) is 33.0 Å². The van der Waals surface area contributed by atoms with Crippen LogP contribution in [0.3, 0.4) is 0 Å². The quantitative estimate of drug-likeness (QED) is 0.385. The first-order chi connectivity index (χ1) is 13.1. The molecule has 0 fully saturated rings. The number of hydrogen-bond acceptors (Lipinski definition) is 5. The number of hydrogen-bond donors (Lipinski definition) is 0. The highest BCUT2D eigenvalue weighted by atomic mass is 35.5. The van der Waals surface area contributed by atoms with Gasteiger partial charge in [0.2, 0.25) is 0 Å². The van der Waals surface area contributed by atoms with Crippen LogP contribution < -0.4 is 0 Å². The fraction of sp³-hybridized carbons (Fsp3) is 0.150. The van der Waals surface area contributed by atoms with Crippen molar-refractivity contribution in [3.63, 3.8) is 0 Å². The molecule has 0 aliphatic carbocycles. The minimum absolute atomic E-state index is 0.691. The summed E-state index contributed by atoms with van der Waals surface area (Å²) >= 11 is 9.40. The van der Waals surface area contributed by atoms with Gasteiger partial charge in [0.25, 0.3) is 0 Å². The zero-order valence-corrected chi connectivity index (χ0v) is 17.3. The highest BCUT2D eigenvalue weighted by molar-refractivity contribution is 7.98. The summed E-state index contributed by atoms with van der Waals surface area (Å²) < 4.78 is 1.99. The number of halogens is 1. The molecule has 27 heavy (non-hydrogen) atoms. The van der Waals surface area contributed by atoms with E-state index in [-0.39, 0.29) is 0 Å². The molecular weight excluding hydrogens is 396 g/mol. The van der Waals surface area contributed by atoms with Crippen LogP contribution in [-0.4, -0.2) is 19.7 Å². The first-order valence-electron chi connectivity index (χ1n) is 8.40. The number of rotatable bonds is 5. The van der Waals surface area contributed by atoms with Gasteiger partial charge in [-0.15, -0.1) is 21.5 Å². The van der Waals surface area contributed by atoms with Gasteiger partial charge in [0.15, 0.2) is 11.0 Å². The molecule has 0 atom stereocenters. The van der Waals surface area contributed by atoms with Gasteiger partial charge in [0.05, 0.1) is 5.69 Å². The summed E-state index contributed by atoms with van der Waals surface area (Å²) in [4.78, 5) is 4.79. The second-order valence-electron chi connectivity index (χ2n) is 6.12. The molecule has 0 radical (unpaired) electrons. The minimum atomic E-state index is 0.691. The molecule has 0 N–H and O–H groups in total. The molecule has 2 heterocycles. The number of aromatic nitrogens is 4. The predicted octanol–water partition coefficient (Wildman–Crippen LogP) is 5.86. The first-order valence-corrected chi connectivity index (χ1v) is 10.6. The molecule has 0 aliphatic heterocycles. The highest BCUT2D eigenvalue weighted by Gasteiger charge is 2.13. The van der Waals surface area contributed by atoms with E-state index in [0.29, 0.717) is 5.02 Å². The van der Waals surface area contributed by atoms with Crippen molar-refractivity contribution < 1.29 is 0 Å². The summed E-state index contributed by atoms with van der Waals surface area (Å²) in [5, 5.41) is 13.4. The van der Waals surface area contributed by atoms with Crippen molar-refractivity contribution in [2.24, 2.45) is 7.05 Å². The summed E-state index contributed by atoms with van der Waals surface area (Å²) in [5.41, 5.74) is 4.45. The fourth-order valence-electron chi connectivity index (χ4n) is 2.77. The Balaban J connectivity index is 1.50. The molecular formula is C20H17ClN4S2. The lowest BCUT2D eigenvalue weighted by Gasteiger charge is -2.03. The van der Waals surface area contributed by atoms with Gasteiger partial charge in [0.1, 0.15) is 5.01 Å². The minimum Gasteiger partial charge on any atom is -0.305 e. The number of aryl methyl sites for hydroxylation is 1. The summed E-state index contributed by atoms with van der Waals surface area (Å²) in [6.07, 6.45) is 0. The topological polar surface area (TPSA) is 43.6 Å². The molecule has 2 aromatic carbocycles. The summed E-state index contributed by atoms with van der Waals surface area (Å²) in [6, 6.07) is 16.0. The van der Waals surface area contributed by atoms with Crippen LogP contribution in [0.15, 0.2) is 59.1 Å². The lowest BCUT2D eigenvalue weighted by Crippen LogP contribution is -1.95. The Hall–Kier alpha value is -2.15. The number of nitrogens with zero attached hydrogens (tertiary/aromatic N) is 4. The molecule has 0 bridgehead atoms. The van der Waals surface area contributed by atoms with E-state index in [9.17, 15) is 0 Å². The molecule has 0 saturated carbocycles. The Morgan fingerprint density at radius 3 is 2.78 bits per heavy atom. The lowest BCUT2D eigenvalue weighted by atomic mass is 10.1. The van der Waals surface area contributed by atoms with Gasteiger partial charge in [-0.25, -0.2) is 4.98 Å². The molecule has 0 unspecified atom stereocenters. The molecule has 0 amide bonds. The molecule has 4 aromatic rings. The summed E-state index contributed by atoms with van der Waals surface area (Å²) in [5.74, 6) is 1.56. The SMILES string of the molecule is Cc1ccccc1-c1nc(CSc2nnc(-c3cccc(Cl)c3)n2C)cs1. The Morgan fingerprint density at radius 1 is 1.11 bits per heavy atom. The third-order valence-electron chi connectivity index (χ3n) is 4.19. The average molecular weight is 413 g/mol. The van der Waals surface area contributed by atoms with Gasteiger partial charge < -0.3 is 4.57 Å². The zero-order valence-electron chi connectivity index (χ0n) is 14.9. The molecule has 4 rings (SSSR count). The summed E-state index contributed by atoms with van der Waals surface area (Å²) in [6.45, 7) is 2.11. The largest absolute Gasteiger partial charge is 0.305 e. The van der Waals surface area contributed by atoms with E-state index in [1.165, 1.54) is 11.1 Å². The van der Waals surface area contributed by atoms with Crippen LogP contribution in [0.1, 0.15) is 11.3 Å².